The van der Waals surface area contributed by atoms with Crippen LogP contribution in [0.5, 0.6) is 0 Å². The highest BCUT2D eigenvalue weighted by Crippen LogP contribution is 2.18. The molecule has 1 rings (SSSR count). The lowest BCUT2D eigenvalue weighted by Crippen LogP contribution is -2.48. The molecule has 6 nitrogen and oxygen atoms in total. The van der Waals surface area contributed by atoms with E-state index in [0.717, 1.165) is 12.8 Å². The first-order valence-corrected chi connectivity index (χ1v) is 7.09. The molecule has 0 bridgehead atoms. The third-order valence-corrected chi connectivity index (χ3v) is 3.76. The second-order valence-corrected chi connectivity index (χ2v) is 5.76. The van der Waals surface area contributed by atoms with Crippen molar-refractivity contribution in [1.82, 2.24) is 10.2 Å². The van der Waals surface area contributed by atoms with E-state index >= 15 is 0 Å². The number of aliphatic carboxylic acids is 1. The van der Waals surface area contributed by atoms with E-state index in [4.69, 9.17) is 5.11 Å². The van der Waals surface area contributed by atoms with E-state index in [2.05, 4.69) is 5.32 Å². The van der Waals surface area contributed by atoms with Crippen LogP contribution in [0.3, 0.4) is 0 Å². The number of amides is 2. The fourth-order valence-electron chi connectivity index (χ4n) is 2.42. The van der Waals surface area contributed by atoms with Crippen LogP contribution in [0.25, 0.3) is 0 Å². The van der Waals surface area contributed by atoms with Gasteiger partial charge in [0.15, 0.2) is 0 Å². The molecule has 0 aliphatic carbocycles. The summed E-state index contributed by atoms with van der Waals surface area (Å²) < 4.78 is 0. The summed E-state index contributed by atoms with van der Waals surface area (Å²) in [6, 6.07) is -0.368. The van der Waals surface area contributed by atoms with Gasteiger partial charge in [0.2, 0.25) is 11.8 Å². The lowest BCUT2D eigenvalue weighted by atomic mass is 9.95. The van der Waals surface area contributed by atoms with Crippen LogP contribution in [-0.2, 0) is 14.4 Å². The number of hydrogen-bond acceptors (Lipinski definition) is 3. The second-order valence-electron chi connectivity index (χ2n) is 5.76. The second kappa shape index (κ2) is 7.26. The summed E-state index contributed by atoms with van der Waals surface area (Å²) in [5.41, 5.74) is 0. The molecule has 1 saturated heterocycles. The number of carbonyl (C=O) groups is 3. The maximum absolute atomic E-state index is 12.2. The number of carboxylic acids is 1. The maximum atomic E-state index is 12.2. The van der Waals surface area contributed by atoms with Gasteiger partial charge in [-0.05, 0) is 18.8 Å². The fraction of sp³-hybridized carbons (Fsp3) is 0.786. The molecule has 0 aromatic rings. The summed E-state index contributed by atoms with van der Waals surface area (Å²) in [6.07, 6.45) is 1.48. The van der Waals surface area contributed by atoms with Gasteiger partial charge in [0.25, 0.3) is 0 Å². The minimum Gasteiger partial charge on any atom is -0.481 e. The standard InChI is InChI=1S/C14H24N2O4/c1-9(2)12(7-13(18)19)15-14(20)11-5-4-6-16(8-11)10(3)17/h9,11-12H,4-8H2,1-3H3,(H,15,20)(H,18,19). The number of nitrogens with one attached hydrogen (secondary N) is 1. The Hall–Kier alpha value is -1.59. The molecule has 0 aromatic carbocycles. The number of rotatable bonds is 5. The Labute approximate surface area is 119 Å². The van der Waals surface area contributed by atoms with Crippen molar-refractivity contribution in [1.29, 1.82) is 0 Å². The quantitative estimate of drug-likeness (QED) is 0.784. The van der Waals surface area contributed by atoms with E-state index in [1.54, 1.807) is 4.90 Å². The van der Waals surface area contributed by atoms with Crippen molar-refractivity contribution < 1.29 is 19.5 Å². The summed E-state index contributed by atoms with van der Waals surface area (Å²) in [5.74, 6) is -1.26. The van der Waals surface area contributed by atoms with Gasteiger partial charge in [-0.2, -0.15) is 0 Å². The predicted molar refractivity (Wildman–Crippen MR) is 74.0 cm³/mol. The first kappa shape index (κ1) is 16.5. The van der Waals surface area contributed by atoms with Crippen molar-refractivity contribution in [3.05, 3.63) is 0 Å². The molecule has 114 valence electrons. The molecule has 20 heavy (non-hydrogen) atoms. The Morgan fingerprint density at radius 1 is 1.35 bits per heavy atom. The van der Waals surface area contributed by atoms with Crippen molar-refractivity contribution in [2.24, 2.45) is 11.8 Å². The average molecular weight is 284 g/mol. The number of carbonyl (C=O) groups excluding carboxylic acids is 2. The van der Waals surface area contributed by atoms with Crippen molar-refractivity contribution in [3.63, 3.8) is 0 Å². The molecule has 0 spiro atoms. The molecular weight excluding hydrogens is 260 g/mol. The number of nitrogens with zero attached hydrogens (tertiary/aromatic N) is 1. The van der Waals surface area contributed by atoms with E-state index in [0.29, 0.717) is 13.1 Å². The summed E-state index contributed by atoms with van der Waals surface area (Å²) in [6.45, 7) is 6.40. The summed E-state index contributed by atoms with van der Waals surface area (Å²) in [7, 11) is 0. The van der Waals surface area contributed by atoms with Crippen LogP contribution >= 0.6 is 0 Å². The molecule has 2 N–H and O–H groups in total. The number of likely N-dealkylation sites (tertiary alicyclic amines) is 1. The van der Waals surface area contributed by atoms with Crippen molar-refractivity contribution in [3.8, 4) is 0 Å². The topological polar surface area (TPSA) is 86.7 Å². The van der Waals surface area contributed by atoms with Crippen LogP contribution in [0.4, 0.5) is 0 Å². The fourth-order valence-corrected chi connectivity index (χ4v) is 2.42. The molecule has 1 fully saturated rings. The van der Waals surface area contributed by atoms with Crippen LogP contribution in [0, 0.1) is 11.8 Å². The van der Waals surface area contributed by atoms with Gasteiger partial charge in [-0.25, -0.2) is 0 Å². The van der Waals surface area contributed by atoms with Crippen LogP contribution in [-0.4, -0.2) is 46.9 Å². The molecule has 0 radical (unpaired) electrons. The van der Waals surface area contributed by atoms with Crippen molar-refractivity contribution in [2.75, 3.05) is 13.1 Å². The van der Waals surface area contributed by atoms with E-state index in [1.165, 1.54) is 6.92 Å². The third-order valence-electron chi connectivity index (χ3n) is 3.76. The third kappa shape index (κ3) is 4.83. The smallest absolute Gasteiger partial charge is 0.305 e. The minimum absolute atomic E-state index is 0.0200. The van der Waals surface area contributed by atoms with Crippen molar-refractivity contribution >= 4 is 17.8 Å². The first-order valence-electron chi connectivity index (χ1n) is 7.09. The SMILES string of the molecule is CC(=O)N1CCCC(C(=O)NC(CC(=O)O)C(C)C)C1. The van der Waals surface area contributed by atoms with E-state index in [9.17, 15) is 14.4 Å². The molecule has 1 aliphatic heterocycles. The van der Waals surface area contributed by atoms with E-state index in [1.807, 2.05) is 13.8 Å². The van der Waals surface area contributed by atoms with Gasteiger partial charge < -0.3 is 15.3 Å². The van der Waals surface area contributed by atoms with E-state index in [-0.39, 0.29) is 36.1 Å². The van der Waals surface area contributed by atoms with Gasteiger partial charge in [-0.1, -0.05) is 13.8 Å². The molecule has 6 heteroatoms. The lowest BCUT2D eigenvalue weighted by molar-refractivity contribution is -0.138. The Morgan fingerprint density at radius 3 is 2.50 bits per heavy atom. The zero-order valence-electron chi connectivity index (χ0n) is 12.4. The molecule has 2 amide bonds. The molecule has 1 aliphatic rings. The zero-order chi connectivity index (χ0) is 15.3. The summed E-state index contributed by atoms with van der Waals surface area (Å²) >= 11 is 0. The number of piperidine rings is 1. The lowest BCUT2D eigenvalue weighted by Gasteiger charge is -2.32. The Morgan fingerprint density at radius 2 is 2.00 bits per heavy atom. The molecule has 0 aromatic heterocycles. The molecule has 1 heterocycles. The first-order chi connectivity index (χ1) is 9.31. The van der Waals surface area contributed by atoms with E-state index < -0.39 is 5.97 Å². The highest BCUT2D eigenvalue weighted by atomic mass is 16.4. The molecular formula is C14H24N2O4. The maximum Gasteiger partial charge on any atom is 0.305 e. The number of carboxylic acid groups (broad SMARTS) is 1. The highest BCUT2D eigenvalue weighted by Gasteiger charge is 2.29. The Bertz CT molecular complexity index is 381. The van der Waals surface area contributed by atoms with Gasteiger partial charge in [0.05, 0.1) is 12.3 Å². The molecule has 2 atom stereocenters. The van der Waals surface area contributed by atoms with Crippen LogP contribution in [0.1, 0.15) is 40.0 Å². The van der Waals surface area contributed by atoms with Gasteiger partial charge in [-0.3, -0.25) is 14.4 Å². The Kier molecular flexibility index (Phi) is 5.98. The normalized spacial score (nSPS) is 20.6. The van der Waals surface area contributed by atoms with Crippen LogP contribution < -0.4 is 5.32 Å². The van der Waals surface area contributed by atoms with Gasteiger partial charge in [0.1, 0.15) is 0 Å². The highest BCUT2D eigenvalue weighted by molar-refractivity contribution is 5.81. The summed E-state index contributed by atoms with van der Waals surface area (Å²) in [4.78, 5) is 36.1. The van der Waals surface area contributed by atoms with Gasteiger partial charge in [0, 0.05) is 26.1 Å². The monoisotopic (exact) mass is 284 g/mol. The van der Waals surface area contributed by atoms with Crippen LogP contribution in [0.15, 0.2) is 0 Å². The molecule has 2 unspecified atom stereocenters. The number of hydrogen-bond donors (Lipinski definition) is 2. The molecule has 0 saturated carbocycles. The Balaban J connectivity index is 2.59. The average Bonchev–Trinajstić information content (AvgIpc) is 2.37. The minimum atomic E-state index is -0.919. The van der Waals surface area contributed by atoms with Gasteiger partial charge >= 0.3 is 5.97 Å². The largest absolute Gasteiger partial charge is 0.481 e. The predicted octanol–water partition coefficient (Wildman–Crippen LogP) is 0.860. The van der Waals surface area contributed by atoms with Gasteiger partial charge in [-0.15, -0.1) is 0 Å². The summed E-state index contributed by atoms with van der Waals surface area (Å²) in [5, 5.41) is 11.7. The van der Waals surface area contributed by atoms with Crippen LogP contribution in [0.2, 0.25) is 0 Å². The van der Waals surface area contributed by atoms with Crippen molar-refractivity contribution in [2.45, 2.75) is 46.1 Å². The zero-order valence-corrected chi connectivity index (χ0v) is 12.4.